The molecule has 0 amide bonds. The van der Waals surface area contributed by atoms with Crippen molar-refractivity contribution in [1.82, 2.24) is 0 Å². The molecule has 4 fully saturated rings. The maximum Gasteiger partial charge on any atom is 0.106 e. The molecule has 8 atom stereocenters. The number of oxime groups is 1. The third-order valence-electron chi connectivity index (χ3n) is 9.24. The van der Waals surface area contributed by atoms with E-state index in [9.17, 15) is 10.2 Å². The summed E-state index contributed by atoms with van der Waals surface area (Å²) in [5.74, 6) is 1.97. The predicted octanol–water partition coefficient (Wildman–Crippen LogP) is 3.75. The van der Waals surface area contributed by atoms with Gasteiger partial charge >= 0.3 is 0 Å². The number of rotatable bonds is 2. The van der Waals surface area contributed by atoms with E-state index in [0.717, 1.165) is 44.9 Å². The fourth-order valence-electron chi connectivity index (χ4n) is 7.62. The predicted molar refractivity (Wildman–Crippen MR) is 98.2 cm³/mol. The molecule has 3 unspecified atom stereocenters. The van der Waals surface area contributed by atoms with Crippen LogP contribution in [0.1, 0.15) is 71.6 Å². The highest BCUT2D eigenvalue weighted by molar-refractivity contribution is 5.62. The average molecular weight is 350 g/mol. The lowest BCUT2D eigenvalue weighted by Gasteiger charge is -2.63. The van der Waals surface area contributed by atoms with Gasteiger partial charge in [0.2, 0.25) is 0 Å². The zero-order valence-corrected chi connectivity index (χ0v) is 16.1. The zero-order chi connectivity index (χ0) is 17.9. The van der Waals surface area contributed by atoms with E-state index < -0.39 is 5.60 Å². The highest BCUT2D eigenvalue weighted by Crippen LogP contribution is 2.68. The van der Waals surface area contributed by atoms with Crippen molar-refractivity contribution in [1.29, 1.82) is 0 Å². The van der Waals surface area contributed by atoms with Crippen molar-refractivity contribution in [2.75, 3.05) is 7.11 Å². The second kappa shape index (κ2) is 5.95. The fraction of sp³-hybridized carbons (Fsp3) is 0.952. The summed E-state index contributed by atoms with van der Waals surface area (Å²) in [6.07, 6.45) is 11.4. The summed E-state index contributed by atoms with van der Waals surface area (Å²) in [6.45, 7) is 4.76. The van der Waals surface area contributed by atoms with Crippen LogP contribution in [0.25, 0.3) is 0 Å². The van der Waals surface area contributed by atoms with E-state index in [-0.39, 0.29) is 11.5 Å². The van der Waals surface area contributed by atoms with Gasteiger partial charge in [-0.05, 0) is 81.0 Å². The molecule has 0 heterocycles. The molecule has 25 heavy (non-hydrogen) atoms. The minimum absolute atomic E-state index is 0.0758. The lowest BCUT2D eigenvalue weighted by molar-refractivity contribution is -0.206. The Hall–Kier alpha value is -0.610. The molecule has 0 aromatic carbocycles. The van der Waals surface area contributed by atoms with Crippen molar-refractivity contribution in [3.63, 3.8) is 0 Å². The van der Waals surface area contributed by atoms with Crippen LogP contribution in [0.3, 0.4) is 0 Å². The quantitative estimate of drug-likeness (QED) is 0.589. The largest absolute Gasteiger partial charge is 0.399 e. The first-order valence-corrected chi connectivity index (χ1v) is 10.3. The number of hydrogen-bond acceptors (Lipinski definition) is 4. The molecular formula is C21H35NO3. The van der Waals surface area contributed by atoms with Gasteiger partial charge in [-0.3, -0.25) is 0 Å². The van der Waals surface area contributed by atoms with E-state index in [1.165, 1.54) is 12.8 Å². The maximum absolute atomic E-state index is 11.9. The number of fused-ring (bicyclic) bond motifs is 5. The van der Waals surface area contributed by atoms with E-state index in [2.05, 4.69) is 19.0 Å². The van der Waals surface area contributed by atoms with Gasteiger partial charge < -0.3 is 15.1 Å². The van der Waals surface area contributed by atoms with E-state index in [1.54, 1.807) is 7.11 Å². The van der Waals surface area contributed by atoms with Crippen LogP contribution < -0.4 is 0 Å². The first kappa shape index (κ1) is 17.8. The Morgan fingerprint density at radius 1 is 1.00 bits per heavy atom. The van der Waals surface area contributed by atoms with Gasteiger partial charge in [0, 0.05) is 17.5 Å². The Balaban J connectivity index is 1.64. The summed E-state index contributed by atoms with van der Waals surface area (Å²) in [5, 5.41) is 26.1. The molecule has 0 bridgehead atoms. The average Bonchev–Trinajstić information content (AvgIpc) is 2.85. The van der Waals surface area contributed by atoms with E-state index in [4.69, 9.17) is 4.84 Å². The van der Waals surface area contributed by atoms with Crippen LogP contribution in [-0.2, 0) is 4.84 Å². The molecule has 4 heteroatoms. The van der Waals surface area contributed by atoms with Gasteiger partial charge in [-0.1, -0.05) is 19.0 Å². The summed E-state index contributed by atoms with van der Waals surface area (Å²) in [7, 11) is 1.59. The molecule has 0 aromatic rings. The number of hydrogen-bond donors (Lipinski definition) is 2. The van der Waals surface area contributed by atoms with Crippen molar-refractivity contribution >= 4 is 6.21 Å². The van der Waals surface area contributed by atoms with Gasteiger partial charge in [0.25, 0.3) is 0 Å². The molecule has 0 aliphatic heterocycles. The van der Waals surface area contributed by atoms with Crippen molar-refractivity contribution in [2.24, 2.45) is 39.7 Å². The maximum atomic E-state index is 11.9. The lowest BCUT2D eigenvalue weighted by Crippen LogP contribution is -2.62. The summed E-state index contributed by atoms with van der Waals surface area (Å²) >= 11 is 0. The summed E-state index contributed by atoms with van der Waals surface area (Å²) < 4.78 is 0. The summed E-state index contributed by atoms with van der Waals surface area (Å²) in [4.78, 5) is 4.93. The van der Waals surface area contributed by atoms with E-state index in [1.807, 2.05) is 6.21 Å². The molecule has 0 spiro atoms. The van der Waals surface area contributed by atoms with Crippen LogP contribution in [0.2, 0.25) is 0 Å². The topological polar surface area (TPSA) is 62.0 Å². The number of aliphatic hydroxyl groups is 2. The highest BCUT2D eigenvalue weighted by Gasteiger charge is 2.66. The third-order valence-corrected chi connectivity index (χ3v) is 9.24. The highest BCUT2D eigenvalue weighted by atomic mass is 16.6. The normalized spacial score (nSPS) is 55.5. The van der Waals surface area contributed by atoms with Crippen molar-refractivity contribution in [3.8, 4) is 0 Å². The standard InChI is InChI=1S/C21H35NO3/c1-19-9-7-16(23)12-14(19)4-5-18-17(19)8-10-20(2)15(13-22-25-3)6-11-21(18,20)24/h13-18,23-24H,4-12H2,1-3H3/b22-13+/t14?,15?,16?,17-,18-,19+,20-,21-/m1/s1. The van der Waals surface area contributed by atoms with Crippen molar-refractivity contribution in [3.05, 3.63) is 0 Å². The van der Waals surface area contributed by atoms with Gasteiger partial charge in [0.15, 0.2) is 0 Å². The molecule has 2 N–H and O–H groups in total. The minimum atomic E-state index is -0.565. The molecule has 4 rings (SSSR count). The van der Waals surface area contributed by atoms with Crippen LogP contribution in [0.4, 0.5) is 0 Å². The van der Waals surface area contributed by atoms with Crippen LogP contribution in [0, 0.1) is 34.5 Å². The number of aliphatic hydroxyl groups excluding tert-OH is 1. The second-order valence-electron chi connectivity index (χ2n) is 9.88. The van der Waals surface area contributed by atoms with Crippen LogP contribution in [0.5, 0.6) is 0 Å². The van der Waals surface area contributed by atoms with Crippen molar-refractivity contribution in [2.45, 2.75) is 83.3 Å². The van der Waals surface area contributed by atoms with E-state index in [0.29, 0.717) is 29.1 Å². The number of nitrogens with zero attached hydrogens (tertiary/aromatic N) is 1. The molecule has 4 aliphatic carbocycles. The van der Waals surface area contributed by atoms with Crippen LogP contribution in [0.15, 0.2) is 5.16 Å². The van der Waals surface area contributed by atoms with Crippen molar-refractivity contribution < 1.29 is 15.1 Å². The summed E-state index contributed by atoms with van der Waals surface area (Å²) in [6, 6.07) is 0. The summed E-state index contributed by atoms with van der Waals surface area (Å²) in [5.41, 5.74) is -0.337. The Morgan fingerprint density at radius 3 is 2.56 bits per heavy atom. The SMILES string of the molecule is CO/N=C/C1CC[C@@]2(O)[C@@H]3CCC4CC(O)CC[C@]4(C)[C@@H]3CC[C@]12C. The Kier molecular flexibility index (Phi) is 4.23. The third kappa shape index (κ3) is 2.36. The van der Waals surface area contributed by atoms with Gasteiger partial charge in [0.1, 0.15) is 7.11 Å². The molecular weight excluding hydrogens is 314 g/mol. The lowest BCUT2D eigenvalue weighted by atomic mass is 9.43. The fourth-order valence-corrected chi connectivity index (χ4v) is 7.62. The first-order valence-electron chi connectivity index (χ1n) is 10.3. The molecule has 0 saturated heterocycles. The monoisotopic (exact) mass is 349 g/mol. The van der Waals surface area contributed by atoms with Crippen LogP contribution in [-0.4, -0.2) is 35.2 Å². The molecule has 4 nitrogen and oxygen atoms in total. The molecule has 4 aliphatic rings. The van der Waals surface area contributed by atoms with E-state index >= 15 is 0 Å². The molecule has 142 valence electrons. The Labute approximate surface area is 152 Å². The zero-order valence-electron chi connectivity index (χ0n) is 16.1. The van der Waals surface area contributed by atoms with Gasteiger partial charge in [-0.25, -0.2) is 0 Å². The Morgan fingerprint density at radius 2 is 1.80 bits per heavy atom. The van der Waals surface area contributed by atoms with Gasteiger partial charge in [-0.15, -0.1) is 0 Å². The van der Waals surface area contributed by atoms with Gasteiger partial charge in [0.05, 0.1) is 11.7 Å². The second-order valence-corrected chi connectivity index (χ2v) is 9.88. The smallest absolute Gasteiger partial charge is 0.106 e. The Bertz CT molecular complexity index is 551. The molecule has 0 radical (unpaired) electrons. The molecule has 0 aromatic heterocycles. The first-order chi connectivity index (χ1) is 11.8. The van der Waals surface area contributed by atoms with Gasteiger partial charge in [-0.2, -0.15) is 0 Å². The minimum Gasteiger partial charge on any atom is -0.399 e. The molecule has 4 saturated carbocycles. The van der Waals surface area contributed by atoms with Crippen LogP contribution >= 0.6 is 0 Å².